The van der Waals surface area contributed by atoms with Crippen LogP contribution < -0.4 is 5.32 Å². The molecule has 4 nitrogen and oxygen atoms in total. The summed E-state index contributed by atoms with van der Waals surface area (Å²) in [5, 5.41) is 14.9. The van der Waals surface area contributed by atoms with Gasteiger partial charge >= 0.3 is 0 Å². The van der Waals surface area contributed by atoms with E-state index in [0.717, 1.165) is 37.1 Å². The van der Waals surface area contributed by atoms with Crippen LogP contribution in [0.2, 0.25) is 10.0 Å². The minimum Gasteiger partial charge on any atom is -0.389 e. The van der Waals surface area contributed by atoms with Crippen LogP contribution in [0.15, 0.2) is 48.5 Å². The van der Waals surface area contributed by atoms with Crippen LogP contribution in [0.3, 0.4) is 0 Å². The second-order valence-corrected chi connectivity index (χ2v) is 7.64. The number of hydrogen-bond acceptors (Lipinski definition) is 4. The summed E-state index contributed by atoms with van der Waals surface area (Å²) < 4.78 is 11.6. The lowest BCUT2D eigenvalue weighted by atomic mass is 10.0. The van der Waals surface area contributed by atoms with Crippen LogP contribution in [0, 0.1) is 0 Å². The van der Waals surface area contributed by atoms with E-state index in [-0.39, 0.29) is 18.8 Å². The quantitative estimate of drug-likeness (QED) is 0.650. The molecule has 2 atom stereocenters. The molecule has 146 valence electrons. The van der Waals surface area contributed by atoms with E-state index < -0.39 is 6.10 Å². The van der Waals surface area contributed by atoms with Gasteiger partial charge in [-0.05, 0) is 48.2 Å². The van der Waals surface area contributed by atoms with Gasteiger partial charge < -0.3 is 19.9 Å². The van der Waals surface area contributed by atoms with Crippen LogP contribution in [0.25, 0.3) is 0 Å². The first-order valence-electron chi connectivity index (χ1n) is 9.25. The van der Waals surface area contributed by atoms with E-state index >= 15 is 0 Å². The Kier molecular flexibility index (Phi) is 7.94. The SMILES string of the molecule is O[C@H](CNC[C@@H]1CCCO1)COC(c1ccc(Cl)cc1)c1ccc(Cl)cc1. The predicted molar refractivity (Wildman–Crippen MR) is 109 cm³/mol. The molecule has 3 rings (SSSR count). The first-order valence-corrected chi connectivity index (χ1v) is 10.0. The fraction of sp³-hybridized carbons (Fsp3) is 0.429. The minimum absolute atomic E-state index is 0.217. The maximum atomic E-state index is 10.3. The van der Waals surface area contributed by atoms with Gasteiger partial charge in [-0.2, -0.15) is 0 Å². The van der Waals surface area contributed by atoms with Crippen LogP contribution in [0.5, 0.6) is 0 Å². The Labute approximate surface area is 170 Å². The van der Waals surface area contributed by atoms with E-state index in [4.69, 9.17) is 32.7 Å². The van der Waals surface area contributed by atoms with Crippen molar-refractivity contribution < 1.29 is 14.6 Å². The van der Waals surface area contributed by atoms with E-state index in [1.165, 1.54) is 0 Å². The molecule has 6 heteroatoms. The molecule has 2 aromatic carbocycles. The van der Waals surface area contributed by atoms with Crippen LogP contribution >= 0.6 is 23.2 Å². The molecule has 0 unspecified atom stereocenters. The van der Waals surface area contributed by atoms with Crippen molar-refractivity contribution in [2.24, 2.45) is 0 Å². The van der Waals surface area contributed by atoms with Gasteiger partial charge in [0.05, 0.1) is 18.8 Å². The average Bonchev–Trinajstić information content (AvgIpc) is 3.18. The zero-order valence-electron chi connectivity index (χ0n) is 15.1. The standard InChI is InChI=1S/C21H25Cl2NO3/c22-17-7-3-15(4-8-17)21(16-5-9-18(23)10-6-16)27-14-19(25)12-24-13-20-2-1-11-26-20/h3-10,19-21,24-25H,1-2,11-14H2/t19-,20+/m1/s1. The highest BCUT2D eigenvalue weighted by atomic mass is 35.5. The van der Waals surface area contributed by atoms with E-state index in [1.807, 2.05) is 48.5 Å². The molecule has 0 aliphatic carbocycles. The van der Waals surface area contributed by atoms with Crippen molar-refractivity contribution in [3.8, 4) is 0 Å². The number of hydrogen-bond donors (Lipinski definition) is 2. The molecule has 0 aromatic heterocycles. The Bertz CT molecular complexity index is 642. The van der Waals surface area contributed by atoms with Gasteiger partial charge in [0.25, 0.3) is 0 Å². The van der Waals surface area contributed by atoms with Crippen molar-refractivity contribution in [3.05, 3.63) is 69.7 Å². The maximum absolute atomic E-state index is 10.3. The summed E-state index contributed by atoms with van der Waals surface area (Å²) in [4.78, 5) is 0. The van der Waals surface area contributed by atoms with Crippen molar-refractivity contribution >= 4 is 23.2 Å². The van der Waals surface area contributed by atoms with E-state index in [1.54, 1.807) is 0 Å². The maximum Gasteiger partial charge on any atom is 0.108 e. The molecule has 0 amide bonds. The highest BCUT2D eigenvalue weighted by Crippen LogP contribution is 2.28. The molecule has 0 radical (unpaired) electrons. The number of aliphatic hydroxyl groups excluding tert-OH is 1. The van der Waals surface area contributed by atoms with Crippen molar-refractivity contribution in [3.63, 3.8) is 0 Å². The summed E-state index contributed by atoms with van der Waals surface area (Å²) in [6.07, 6.45) is 1.55. The van der Waals surface area contributed by atoms with Gasteiger partial charge in [0.1, 0.15) is 6.10 Å². The average molecular weight is 410 g/mol. The monoisotopic (exact) mass is 409 g/mol. The second-order valence-electron chi connectivity index (χ2n) is 6.76. The largest absolute Gasteiger partial charge is 0.389 e. The fourth-order valence-corrected chi connectivity index (χ4v) is 3.39. The Hall–Kier alpha value is -1.14. The van der Waals surface area contributed by atoms with Gasteiger partial charge in [0.15, 0.2) is 0 Å². The van der Waals surface area contributed by atoms with Crippen LogP contribution in [0.4, 0.5) is 0 Å². The van der Waals surface area contributed by atoms with Crippen LogP contribution in [-0.2, 0) is 9.47 Å². The van der Waals surface area contributed by atoms with Gasteiger partial charge in [-0.1, -0.05) is 47.5 Å². The van der Waals surface area contributed by atoms with Gasteiger partial charge in [0, 0.05) is 29.7 Å². The van der Waals surface area contributed by atoms with Crippen molar-refractivity contribution in [2.45, 2.75) is 31.2 Å². The number of aliphatic hydroxyl groups is 1. The number of ether oxygens (including phenoxy) is 2. The first-order chi connectivity index (χ1) is 13.1. The zero-order chi connectivity index (χ0) is 19.1. The van der Waals surface area contributed by atoms with Gasteiger partial charge in [-0.3, -0.25) is 0 Å². The molecule has 1 heterocycles. The minimum atomic E-state index is -0.603. The molecule has 2 N–H and O–H groups in total. The zero-order valence-corrected chi connectivity index (χ0v) is 16.6. The van der Waals surface area contributed by atoms with E-state index in [2.05, 4.69) is 5.32 Å². The van der Waals surface area contributed by atoms with Gasteiger partial charge in [-0.15, -0.1) is 0 Å². The summed E-state index contributed by atoms with van der Waals surface area (Å²) in [5.74, 6) is 0. The summed E-state index contributed by atoms with van der Waals surface area (Å²) >= 11 is 12.0. The molecule has 0 bridgehead atoms. The summed E-state index contributed by atoms with van der Waals surface area (Å²) in [6.45, 7) is 2.28. The fourth-order valence-electron chi connectivity index (χ4n) is 3.14. The highest BCUT2D eigenvalue weighted by Gasteiger charge is 2.18. The van der Waals surface area contributed by atoms with Crippen LogP contribution in [0.1, 0.15) is 30.1 Å². The molecular weight excluding hydrogens is 385 g/mol. The Balaban J connectivity index is 1.57. The van der Waals surface area contributed by atoms with Crippen LogP contribution in [-0.4, -0.2) is 43.6 Å². The lowest BCUT2D eigenvalue weighted by Crippen LogP contribution is -2.35. The van der Waals surface area contributed by atoms with Gasteiger partial charge in [-0.25, -0.2) is 0 Å². The predicted octanol–water partition coefficient (Wildman–Crippen LogP) is 4.23. The number of benzene rings is 2. The molecule has 1 aliphatic rings. The molecule has 1 fully saturated rings. The number of halogens is 2. The first kappa shape index (κ1) is 20.6. The van der Waals surface area contributed by atoms with Gasteiger partial charge in [0.2, 0.25) is 0 Å². The Morgan fingerprint density at radius 2 is 1.63 bits per heavy atom. The Morgan fingerprint density at radius 3 is 2.15 bits per heavy atom. The van der Waals surface area contributed by atoms with Crippen molar-refractivity contribution in [1.29, 1.82) is 0 Å². The lowest BCUT2D eigenvalue weighted by molar-refractivity contribution is 0.00518. The summed E-state index contributed by atoms with van der Waals surface area (Å²) in [6, 6.07) is 15.1. The normalized spacial score (nSPS) is 18.1. The number of rotatable bonds is 9. The third-order valence-electron chi connectivity index (χ3n) is 4.58. The Morgan fingerprint density at radius 1 is 1.04 bits per heavy atom. The molecular formula is C21H25Cl2NO3. The summed E-state index contributed by atoms with van der Waals surface area (Å²) in [5.41, 5.74) is 1.95. The van der Waals surface area contributed by atoms with Crippen molar-refractivity contribution in [1.82, 2.24) is 5.32 Å². The lowest BCUT2D eigenvalue weighted by Gasteiger charge is -2.22. The third-order valence-corrected chi connectivity index (χ3v) is 5.08. The van der Waals surface area contributed by atoms with Crippen molar-refractivity contribution in [2.75, 3.05) is 26.3 Å². The van der Waals surface area contributed by atoms with E-state index in [9.17, 15) is 5.11 Å². The molecule has 27 heavy (non-hydrogen) atoms. The third kappa shape index (κ3) is 6.46. The molecule has 1 aliphatic heterocycles. The van der Waals surface area contributed by atoms with E-state index in [0.29, 0.717) is 16.6 Å². The molecule has 0 saturated carbocycles. The highest BCUT2D eigenvalue weighted by molar-refractivity contribution is 6.30. The molecule has 0 spiro atoms. The molecule has 2 aromatic rings. The smallest absolute Gasteiger partial charge is 0.108 e. The summed E-state index contributed by atoms with van der Waals surface area (Å²) in [7, 11) is 0. The molecule has 1 saturated heterocycles. The topological polar surface area (TPSA) is 50.7 Å². The second kappa shape index (κ2) is 10.4. The number of nitrogens with one attached hydrogen (secondary N) is 1.